The number of nitrogens with two attached hydrogens (primary N) is 1. The Morgan fingerprint density at radius 3 is 2.88 bits per heavy atom. The topological polar surface area (TPSA) is 68.3 Å². The summed E-state index contributed by atoms with van der Waals surface area (Å²) < 4.78 is 30.6. The minimum atomic E-state index is -3.08. The van der Waals surface area contributed by atoms with E-state index in [0.29, 0.717) is 12.2 Å². The minimum Gasteiger partial charge on any atom is -0.469 e. The van der Waals surface area contributed by atoms with Crippen LogP contribution in [0.2, 0.25) is 0 Å². The van der Waals surface area contributed by atoms with Gasteiger partial charge in [-0.3, -0.25) is 4.79 Å². The first-order valence-electron chi connectivity index (χ1n) is 4.92. The Morgan fingerprint density at radius 2 is 2.31 bits per heavy atom. The average molecular weight is 232 g/mol. The van der Waals surface area contributed by atoms with Gasteiger partial charge in [0.25, 0.3) is 11.8 Å². The van der Waals surface area contributed by atoms with Crippen molar-refractivity contribution in [2.45, 2.75) is 19.3 Å². The van der Waals surface area contributed by atoms with Crippen molar-refractivity contribution in [2.24, 2.45) is 5.73 Å². The van der Waals surface area contributed by atoms with Crippen molar-refractivity contribution >= 4 is 5.91 Å². The van der Waals surface area contributed by atoms with Crippen LogP contribution in [-0.4, -0.2) is 24.9 Å². The number of carbonyl (C=O) groups excluding carboxylic acids is 1. The first-order valence-corrected chi connectivity index (χ1v) is 4.92. The highest BCUT2D eigenvalue weighted by Crippen LogP contribution is 2.13. The molecule has 0 atom stereocenters. The molecule has 0 saturated heterocycles. The molecule has 0 unspecified atom stereocenters. The maximum atomic E-state index is 12.8. The van der Waals surface area contributed by atoms with Crippen LogP contribution in [0.25, 0.3) is 0 Å². The van der Waals surface area contributed by atoms with Crippen LogP contribution in [-0.2, 0) is 6.42 Å². The first kappa shape index (κ1) is 12.6. The number of hydrogen-bond donors (Lipinski definition) is 2. The third kappa shape index (κ3) is 3.03. The molecule has 0 aliphatic heterocycles. The highest BCUT2D eigenvalue weighted by atomic mass is 19.3. The molecular weight excluding hydrogens is 218 g/mol. The lowest BCUT2D eigenvalue weighted by Crippen LogP contribution is -2.41. The summed E-state index contributed by atoms with van der Waals surface area (Å²) in [7, 11) is 0. The van der Waals surface area contributed by atoms with Gasteiger partial charge in [0.15, 0.2) is 0 Å². The Hall–Kier alpha value is -1.43. The van der Waals surface area contributed by atoms with Gasteiger partial charge in [-0.25, -0.2) is 8.78 Å². The minimum absolute atomic E-state index is 0.287. The van der Waals surface area contributed by atoms with E-state index in [2.05, 4.69) is 5.32 Å². The van der Waals surface area contributed by atoms with Crippen LogP contribution in [0.1, 0.15) is 23.0 Å². The van der Waals surface area contributed by atoms with Gasteiger partial charge in [-0.05, 0) is 6.07 Å². The summed E-state index contributed by atoms with van der Waals surface area (Å²) in [6.07, 6.45) is 1.89. The molecule has 16 heavy (non-hydrogen) atoms. The summed E-state index contributed by atoms with van der Waals surface area (Å²) in [6.45, 7) is 0.250. The predicted molar refractivity (Wildman–Crippen MR) is 54.4 cm³/mol. The van der Waals surface area contributed by atoms with E-state index in [1.54, 1.807) is 0 Å². The van der Waals surface area contributed by atoms with Crippen molar-refractivity contribution in [1.82, 2.24) is 5.32 Å². The molecule has 1 rings (SSSR count). The van der Waals surface area contributed by atoms with E-state index in [1.807, 2.05) is 6.92 Å². The van der Waals surface area contributed by atoms with Crippen LogP contribution in [0, 0.1) is 0 Å². The summed E-state index contributed by atoms with van der Waals surface area (Å²) in [5.74, 6) is -3.17. The van der Waals surface area contributed by atoms with E-state index in [9.17, 15) is 13.6 Å². The second kappa shape index (κ2) is 5.07. The van der Waals surface area contributed by atoms with Gasteiger partial charge in [0.2, 0.25) is 0 Å². The maximum absolute atomic E-state index is 12.8. The molecule has 1 aromatic rings. The molecule has 0 saturated carbocycles. The molecule has 90 valence electrons. The molecule has 4 nitrogen and oxygen atoms in total. The molecule has 0 spiro atoms. The first-order chi connectivity index (χ1) is 7.50. The summed E-state index contributed by atoms with van der Waals surface area (Å²) >= 11 is 0. The summed E-state index contributed by atoms with van der Waals surface area (Å²) in [4.78, 5) is 11.5. The fourth-order valence-electron chi connectivity index (χ4n) is 1.19. The molecule has 1 amide bonds. The number of alkyl halides is 2. The fraction of sp³-hybridized carbons (Fsp3) is 0.500. The molecule has 0 aliphatic carbocycles. The Labute approximate surface area is 91.8 Å². The van der Waals surface area contributed by atoms with Gasteiger partial charge in [-0.1, -0.05) is 6.92 Å². The maximum Gasteiger partial charge on any atom is 0.277 e. The van der Waals surface area contributed by atoms with E-state index in [1.165, 1.54) is 12.3 Å². The highest BCUT2D eigenvalue weighted by Gasteiger charge is 2.27. The second-order valence-corrected chi connectivity index (χ2v) is 3.35. The zero-order chi connectivity index (χ0) is 12.2. The largest absolute Gasteiger partial charge is 0.469 e. The van der Waals surface area contributed by atoms with Gasteiger partial charge in [0, 0.05) is 6.42 Å². The molecule has 1 aromatic heterocycles. The molecule has 1 heterocycles. The standard InChI is InChI=1S/C10H14F2N2O2/c1-2-8-7(3-4-16-8)9(15)14-6-10(11,12)5-13/h3-4H,2,5-6,13H2,1H3,(H,14,15). The number of carbonyl (C=O) groups is 1. The van der Waals surface area contributed by atoms with Crippen molar-refractivity contribution in [3.63, 3.8) is 0 Å². The van der Waals surface area contributed by atoms with E-state index in [4.69, 9.17) is 10.2 Å². The average Bonchev–Trinajstić information content (AvgIpc) is 2.74. The third-order valence-corrected chi connectivity index (χ3v) is 2.12. The van der Waals surface area contributed by atoms with E-state index in [-0.39, 0.29) is 5.56 Å². The number of rotatable bonds is 5. The smallest absolute Gasteiger partial charge is 0.277 e. The van der Waals surface area contributed by atoms with Gasteiger partial charge in [-0.15, -0.1) is 0 Å². The van der Waals surface area contributed by atoms with Crippen molar-refractivity contribution in [3.05, 3.63) is 23.7 Å². The van der Waals surface area contributed by atoms with Crippen LogP contribution >= 0.6 is 0 Å². The third-order valence-electron chi connectivity index (χ3n) is 2.12. The summed E-state index contributed by atoms with van der Waals surface area (Å²) in [5.41, 5.74) is 5.13. The number of hydrogen-bond acceptors (Lipinski definition) is 3. The fourth-order valence-corrected chi connectivity index (χ4v) is 1.19. The van der Waals surface area contributed by atoms with E-state index >= 15 is 0 Å². The summed E-state index contributed by atoms with van der Waals surface area (Å²) in [6, 6.07) is 1.45. The zero-order valence-corrected chi connectivity index (χ0v) is 8.93. The van der Waals surface area contributed by atoms with Crippen molar-refractivity contribution < 1.29 is 18.0 Å². The van der Waals surface area contributed by atoms with Crippen LogP contribution in [0.3, 0.4) is 0 Å². The molecular formula is C10H14F2N2O2. The van der Waals surface area contributed by atoms with Crippen molar-refractivity contribution in [2.75, 3.05) is 13.1 Å². The van der Waals surface area contributed by atoms with E-state index < -0.39 is 24.9 Å². The van der Waals surface area contributed by atoms with E-state index in [0.717, 1.165) is 0 Å². The van der Waals surface area contributed by atoms with Crippen LogP contribution in [0.15, 0.2) is 16.7 Å². The van der Waals surface area contributed by atoms with Gasteiger partial charge >= 0.3 is 0 Å². The lowest BCUT2D eigenvalue weighted by atomic mass is 10.2. The molecule has 6 heteroatoms. The lowest BCUT2D eigenvalue weighted by molar-refractivity contribution is 0.0118. The second-order valence-electron chi connectivity index (χ2n) is 3.35. The molecule has 0 aromatic carbocycles. The number of aryl methyl sites for hydroxylation is 1. The van der Waals surface area contributed by atoms with Gasteiger partial charge in [-0.2, -0.15) is 0 Å². The lowest BCUT2D eigenvalue weighted by Gasteiger charge is -2.14. The Bertz CT molecular complexity index is 363. The number of furan rings is 1. The monoisotopic (exact) mass is 232 g/mol. The number of amides is 1. The number of halogens is 2. The summed E-state index contributed by atoms with van der Waals surface area (Å²) in [5, 5.41) is 2.12. The molecule has 0 bridgehead atoms. The highest BCUT2D eigenvalue weighted by molar-refractivity contribution is 5.95. The normalized spacial score (nSPS) is 11.5. The van der Waals surface area contributed by atoms with Crippen LogP contribution in [0.5, 0.6) is 0 Å². The van der Waals surface area contributed by atoms with Crippen LogP contribution < -0.4 is 11.1 Å². The Kier molecular flexibility index (Phi) is 4.00. The molecule has 0 radical (unpaired) electrons. The molecule has 0 aliphatic rings. The number of nitrogens with one attached hydrogen (secondary N) is 1. The van der Waals surface area contributed by atoms with Crippen molar-refractivity contribution in [3.8, 4) is 0 Å². The van der Waals surface area contributed by atoms with Gasteiger partial charge in [0.05, 0.1) is 24.9 Å². The van der Waals surface area contributed by atoms with Crippen molar-refractivity contribution in [1.29, 1.82) is 0 Å². The zero-order valence-electron chi connectivity index (χ0n) is 8.93. The SMILES string of the molecule is CCc1occc1C(=O)NCC(F)(F)CN. The Morgan fingerprint density at radius 1 is 1.62 bits per heavy atom. The predicted octanol–water partition coefficient (Wildman–Crippen LogP) is 1.17. The quantitative estimate of drug-likeness (QED) is 0.800. The molecule has 0 fully saturated rings. The van der Waals surface area contributed by atoms with Gasteiger partial charge in [0.1, 0.15) is 5.76 Å². The van der Waals surface area contributed by atoms with Gasteiger partial charge < -0.3 is 15.5 Å². The van der Waals surface area contributed by atoms with Crippen LogP contribution in [0.4, 0.5) is 8.78 Å². The Balaban J connectivity index is 2.60. The molecule has 3 N–H and O–H groups in total.